The molecule has 1 aromatic heterocycles. The number of pyridine rings is 1. The predicted octanol–water partition coefficient (Wildman–Crippen LogP) is 1.56. The topological polar surface area (TPSA) is 173 Å². The van der Waals surface area contributed by atoms with Crippen molar-refractivity contribution in [2.45, 2.75) is 56.3 Å². The number of Topliss-reactive ketones (excluding diaryl/α,β-unsaturated/α-hetero) is 2. The molecule has 38 heavy (non-hydrogen) atoms. The number of hydrogen-bond donors (Lipinski definition) is 4. The number of esters is 1. The molecule has 0 radical (unpaired) electrons. The van der Waals surface area contributed by atoms with E-state index in [0.29, 0.717) is 24.2 Å². The van der Waals surface area contributed by atoms with Gasteiger partial charge in [-0.25, -0.2) is 9.78 Å². The second-order valence-corrected chi connectivity index (χ2v) is 9.70. The highest BCUT2D eigenvalue weighted by Crippen LogP contribution is 2.59. The van der Waals surface area contributed by atoms with Gasteiger partial charge in [0.1, 0.15) is 11.9 Å². The number of nitrogens with zero attached hydrogens (tertiary/aromatic N) is 1. The fourth-order valence-electron chi connectivity index (χ4n) is 5.04. The van der Waals surface area contributed by atoms with Gasteiger partial charge >= 0.3 is 5.97 Å². The number of aromatic nitrogens is 1. The van der Waals surface area contributed by atoms with E-state index in [9.17, 15) is 24.6 Å². The average Bonchev–Trinajstić information content (AvgIpc) is 3.63. The number of aliphatic hydroxyl groups is 3. The number of carbonyl (C=O) groups excluding carboxylic acids is 3. The van der Waals surface area contributed by atoms with Gasteiger partial charge in [0, 0.05) is 30.4 Å². The standard InChI is InChI=1S/C28H32N2O8/c1-17(8-9-18-10-11-30-23(29)13-18)19(15-32)14-27-24(34)21-6-2-3-7-22(21)25(35)28(27,38-27)26(36)37-20(16-33)5-4-12-31/h2-3,6-7,10-11,13,20,31-33H,4-5,8-9,12,14-16H2,1H3,(H2,29,30)/b19-17-/t20-,27-,28-/m0/s1. The first-order valence-electron chi connectivity index (χ1n) is 12.5. The lowest BCUT2D eigenvalue weighted by molar-refractivity contribution is -0.156. The number of ether oxygens (including phenoxy) is 2. The Labute approximate surface area is 220 Å². The zero-order valence-electron chi connectivity index (χ0n) is 21.2. The monoisotopic (exact) mass is 524 g/mol. The van der Waals surface area contributed by atoms with E-state index < -0.39 is 48.1 Å². The van der Waals surface area contributed by atoms with Gasteiger partial charge in [-0.05, 0) is 55.9 Å². The number of nitrogen functional groups attached to an aromatic ring is 1. The number of rotatable bonds is 12. The predicted molar refractivity (Wildman–Crippen MR) is 136 cm³/mol. The van der Waals surface area contributed by atoms with Crippen LogP contribution in [0.25, 0.3) is 0 Å². The molecule has 1 fully saturated rings. The van der Waals surface area contributed by atoms with Crippen molar-refractivity contribution in [1.29, 1.82) is 0 Å². The highest BCUT2D eigenvalue weighted by Gasteiger charge is 2.85. The molecule has 2 heterocycles. The maximum absolute atomic E-state index is 13.8. The quantitative estimate of drug-likeness (QED) is 0.138. The number of ketones is 2. The van der Waals surface area contributed by atoms with Gasteiger partial charge in [0.15, 0.2) is 11.4 Å². The van der Waals surface area contributed by atoms with Gasteiger partial charge in [-0.2, -0.15) is 0 Å². The summed E-state index contributed by atoms with van der Waals surface area (Å²) in [6.07, 6.45) is 2.02. The summed E-state index contributed by atoms with van der Waals surface area (Å²) in [4.78, 5) is 44.9. The van der Waals surface area contributed by atoms with Crippen molar-refractivity contribution in [2.75, 3.05) is 25.6 Å². The highest BCUT2D eigenvalue weighted by atomic mass is 16.7. The molecule has 0 spiro atoms. The molecule has 10 heteroatoms. The number of benzene rings is 1. The van der Waals surface area contributed by atoms with E-state index in [2.05, 4.69) is 4.98 Å². The molecular formula is C28H32N2O8. The lowest BCUT2D eigenvalue weighted by Crippen LogP contribution is -2.51. The Bertz CT molecular complexity index is 1280. The van der Waals surface area contributed by atoms with E-state index in [-0.39, 0.29) is 37.0 Å². The van der Waals surface area contributed by atoms with E-state index in [1.165, 1.54) is 12.1 Å². The van der Waals surface area contributed by atoms with Crippen LogP contribution in [0.5, 0.6) is 0 Å². The van der Waals surface area contributed by atoms with Gasteiger partial charge in [-0.15, -0.1) is 0 Å². The zero-order valence-corrected chi connectivity index (χ0v) is 21.2. The Morgan fingerprint density at radius 2 is 1.84 bits per heavy atom. The van der Waals surface area contributed by atoms with Crippen molar-refractivity contribution < 1.29 is 39.2 Å². The van der Waals surface area contributed by atoms with Crippen molar-refractivity contribution in [3.05, 3.63) is 70.4 Å². The number of nitrogens with two attached hydrogens (primary N) is 1. The molecule has 4 rings (SSSR count). The summed E-state index contributed by atoms with van der Waals surface area (Å²) < 4.78 is 11.3. The molecule has 1 saturated heterocycles. The first-order chi connectivity index (χ1) is 18.2. The first kappa shape index (κ1) is 27.6. The van der Waals surface area contributed by atoms with Gasteiger partial charge in [0.25, 0.3) is 5.60 Å². The van der Waals surface area contributed by atoms with Gasteiger partial charge < -0.3 is 30.5 Å². The van der Waals surface area contributed by atoms with Crippen molar-refractivity contribution in [2.24, 2.45) is 0 Å². The Kier molecular flexibility index (Phi) is 8.08. The smallest absolute Gasteiger partial charge is 0.350 e. The van der Waals surface area contributed by atoms with E-state index in [1.807, 2.05) is 13.0 Å². The molecule has 5 N–H and O–H groups in total. The molecule has 2 aromatic rings. The van der Waals surface area contributed by atoms with Crippen molar-refractivity contribution in [3.8, 4) is 0 Å². The van der Waals surface area contributed by atoms with Gasteiger partial charge in [0.05, 0.1) is 13.2 Å². The first-order valence-corrected chi connectivity index (χ1v) is 12.5. The molecule has 10 nitrogen and oxygen atoms in total. The van der Waals surface area contributed by atoms with Crippen molar-refractivity contribution in [1.82, 2.24) is 4.98 Å². The second-order valence-electron chi connectivity index (χ2n) is 9.70. The Balaban J connectivity index is 1.67. The maximum Gasteiger partial charge on any atom is 0.350 e. The fraction of sp³-hybridized carbons (Fsp3) is 0.429. The largest absolute Gasteiger partial charge is 0.457 e. The molecule has 1 aliphatic carbocycles. The fourth-order valence-corrected chi connectivity index (χ4v) is 5.04. The van der Waals surface area contributed by atoms with E-state index in [0.717, 1.165) is 11.1 Å². The number of aliphatic hydroxyl groups excluding tert-OH is 3. The summed E-state index contributed by atoms with van der Waals surface area (Å²) in [6, 6.07) is 9.77. The van der Waals surface area contributed by atoms with Crippen LogP contribution in [-0.2, 0) is 20.7 Å². The summed E-state index contributed by atoms with van der Waals surface area (Å²) in [6.45, 7) is 0.725. The van der Waals surface area contributed by atoms with Gasteiger partial charge in [-0.3, -0.25) is 9.59 Å². The minimum Gasteiger partial charge on any atom is -0.457 e. The van der Waals surface area contributed by atoms with Crippen LogP contribution in [0.2, 0.25) is 0 Å². The van der Waals surface area contributed by atoms with Crippen LogP contribution in [0, 0.1) is 0 Å². The SMILES string of the molecule is C/C(CCc1ccnc(N)c1)=C(/CO)C[C@@]12O[C@]1(C(=O)O[C@H](CO)CCCO)C(=O)c1ccccc1C2=O. The number of hydrogen-bond acceptors (Lipinski definition) is 10. The number of epoxide rings is 1. The van der Waals surface area contributed by atoms with E-state index in [1.54, 1.807) is 24.4 Å². The number of anilines is 1. The minimum absolute atomic E-state index is 0.0556. The minimum atomic E-state index is -2.22. The molecule has 202 valence electrons. The molecular weight excluding hydrogens is 492 g/mol. The van der Waals surface area contributed by atoms with Crippen LogP contribution in [0.4, 0.5) is 5.82 Å². The van der Waals surface area contributed by atoms with Crippen LogP contribution in [0.15, 0.2) is 53.7 Å². The number of allylic oxidation sites excluding steroid dienone is 1. The molecule has 0 amide bonds. The third-order valence-electron chi connectivity index (χ3n) is 7.30. The normalized spacial score (nSPS) is 23.3. The third kappa shape index (κ3) is 4.76. The molecule has 3 atom stereocenters. The summed E-state index contributed by atoms with van der Waals surface area (Å²) >= 11 is 0. The molecule has 0 unspecified atom stereocenters. The number of carbonyl (C=O) groups is 3. The van der Waals surface area contributed by atoms with Crippen LogP contribution < -0.4 is 5.73 Å². The van der Waals surface area contributed by atoms with Crippen LogP contribution in [0.1, 0.15) is 58.9 Å². The maximum atomic E-state index is 13.8. The summed E-state index contributed by atoms with van der Waals surface area (Å²) in [5.74, 6) is -1.91. The van der Waals surface area contributed by atoms with E-state index >= 15 is 0 Å². The van der Waals surface area contributed by atoms with Gasteiger partial charge in [-0.1, -0.05) is 29.8 Å². The Morgan fingerprint density at radius 1 is 1.13 bits per heavy atom. The summed E-state index contributed by atoms with van der Waals surface area (Å²) in [5.41, 5.74) is 4.07. The molecule has 1 aliphatic heterocycles. The van der Waals surface area contributed by atoms with E-state index in [4.69, 9.17) is 20.3 Å². The third-order valence-corrected chi connectivity index (χ3v) is 7.30. The van der Waals surface area contributed by atoms with Crippen molar-refractivity contribution in [3.63, 3.8) is 0 Å². The summed E-state index contributed by atoms with van der Waals surface area (Å²) in [5, 5.41) is 29.0. The average molecular weight is 525 g/mol. The second kappa shape index (κ2) is 11.1. The molecule has 0 saturated carbocycles. The zero-order chi connectivity index (χ0) is 27.5. The number of fused-ring (bicyclic) bond motifs is 2. The van der Waals surface area contributed by atoms with Crippen molar-refractivity contribution >= 4 is 23.4 Å². The molecule has 1 aromatic carbocycles. The highest BCUT2D eigenvalue weighted by molar-refractivity contribution is 6.32. The molecule has 2 aliphatic rings. The lowest BCUT2D eigenvalue weighted by Gasteiger charge is -2.26. The van der Waals surface area contributed by atoms with Crippen LogP contribution in [-0.4, -0.2) is 75.0 Å². The number of aryl methyl sites for hydroxylation is 1. The lowest BCUT2D eigenvalue weighted by atomic mass is 9.71. The van der Waals surface area contributed by atoms with Gasteiger partial charge in [0.2, 0.25) is 5.78 Å². The summed E-state index contributed by atoms with van der Waals surface area (Å²) in [7, 11) is 0. The van der Waals surface area contributed by atoms with Crippen LogP contribution >= 0.6 is 0 Å². The Hall–Kier alpha value is -3.44. The Morgan fingerprint density at radius 3 is 2.47 bits per heavy atom. The van der Waals surface area contributed by atoms with Crippen LogP contribution in [0.3, 0.4) is 0 Å². The molecule has 0 bridgehead atoms.